The Bertz CT molecular complexity index is 881. The molecule has 0 spiro atoms. The number of amides is 2. The van der Waals surface area contributed by atoms with Crippen LogP contribution in [0.4, 0.5) is 0 Å². The average Bonchev–Trinajstić information content (AvgIpc) is 2.74. The molecule has 1 saturated heterocycles. The SMILES string of the molecule is CSCCC(NS(=O)(=O)c1ccc(C)cc1)C(=O)N1CCC(C(=O)NCC(=O)O)CC1. The minimum Gasteiger partial charge on any atom is -0.480 e. The Kier molecular flexibility index (Phi) is 9.32. The smallest absolute Gasteiger partial charge is 0.322 e. The van der Waals surface area contributed by atoms with Crippen molar-refractivity contribution in [3.05, 3.63) is 29.8 Å². The van der Waals surface area contributed by atoms with E-state index in [1.807, 2.05) is 13.2 Å². The van der Waals surface area contributed by atoms with Crippen molar-refractivity contribution in [2.75, 3.05) is 31.6 Å². The number of carboxylic acids is 1. The van der Waals surface area contributed by atoms with Crippen LogP contribution in [-0.4, -0.2) is 73.9 Å². The first-order valence-corrected chi connectivity index (χ1v) is 12.9. The molecule has 3 N–H and O–H groups in total. The Balaban J connectivity index is 2.02. The monoisotopic (exact) mass is 471 g/mol. The number of nitrogens with one attached hydrogen (secondary N) is 2. The molecule has 1 atom stereocenters. The molecular weight excluding hydrogens is 442 g/mol. The molecule has 11 heteroatoms. The number of sulfonamides is 1. The molecule has 1 fully saturated rings. The molecule has 1 aliphatic heterocycles. The highest BCUT2D eigenvalue weighted by Gasteiger charge is 2.33. The molecule has 0 radical (unpaired) electrons. The van der Waals surface area contributed by atoms with Crippen LogP contribution in [0.25, 0.3) is 0 Å². The summed E-state index contributed by atoms with van der Waals surface area (Å²) in [5.74, 6) is -1.51. The number of hydrogen-bond donors (Lipinski definition) is 3. The second-order valence-electron chi connectivity index (χ2n) is 7.48. The van der Waals surface area contributed by atoms with Gasteiger partial charge in [-0.25, -0.2) is 8.42 Å². The molecule has 1 aliphatic rings. The fraction of sp³-hybridized carbons (Fsp3) is 0.550. The summed E-state index contributed by atoms with van der Waals surface area (Å²) >= 11 is 1.52. The first-order chi connectivity index (χ1) is 14.6. The summed E-state index contributed by atoms with van der Waals surface area (Å²) in [5.41, 5.74) is 0.934. The molecule has 1 aromatic carbocycles. The topological polar surface area (TPSA) is 133 Å². The van der Waals surface area contributed by atoms with Crippen molar-refractivity contribution in [3.63, 3.8) is 0 Å². The van der Waals surface area contributed by atoms with Crippen LogP contribution in [0.2, 0.25) is 0 Å². The summed E-state index contributed by atoms with van der Waals surface area (Å²) in [5, 5.41) is 11.0. The molecule has 0 aromatic heterocycles. The maximum Gasteiger partial charge on any atom is 0.322 e. The molecule has 31 heavy (non-hydrogen) atoms. The van der Waals surface area contributed by atoms with Crippen molar-refractivity contribution in [1.29, 1.82) is 0 Å². The molecule has 9 nitrogen and oxygen atoms in total. The van der Waals surface area contributed by atoms with E-state index in [0.717, 1.165) is 5.56 Å². The second kappa shape index (κ2) is 11.5. The molecule has 0 aliphatic carbocycles. The first-order valence-electron chi connectivity index (χ1n) is 10.00. The number of likely N-dealkylation sites (tertiary alicyclic amines) is 1. The highest BCUT2D eigenvalue weighted by molar-refractivity contribution is 7.98. The van der Waals surface area contributed by atoms with E-state index in [1.165, 1.54) is 23.9 Å². The molecule has 0 bridgehead atoms. The summed E-state index contributed by atoms with van der Waals surface area (Å²) < 4.78 is 28.1. The van der Waals surface area contributed by atoms with Crippen molar-refractivity contribution in [2.24, 2.45) is 5.92 Å². The molecule has 1 unspecified atom stereocenters. The number of aliphatic carboxylic acids is 1. The van der Waals surface area contributed by atoms with Crippen LogP contribution in [0.1, 0.15) is 24.8 Å². The zero-order valence-electron chi connectivity index (χ0n) is 17.7. The normalized spacial score (nSPS) is 16.0. The Morgan fingerprint density at radius 1 is 1.19 bits per heavy atom. The van der Waals surface area contributed by atoms with Gasteiger partial charge in [0.1, 0.15) is 12.6 Å². The van der Waals surface area contributed by atoms with E-state index in [1.54, 1.807) is 17.0 Å². The lowest BCUT2D eigenvalue weighted by Gasteiger charge is -2.33. The second-order valence-corrected chi connectivity index (χ2v) is 10.2. The van der Waals surface area contributed by atoms with Crippen molar-refractivity contribution < 1.29 is 27.9 Å². The summed E-state index contributed by atoms with van der Waals surface area (Å²) in [7, 11) is -3.86. The Labute approximate surface area is 187 Å². The first kappa shape index (κ1) is 25.2. The zero-order valence-corrected chi connectivity index (χ0v) is 19.3. The van der Waals surface area contributed by atoms with Gasteiger partial charge in [0.25, 0.3) is 0 Å². The van der Waals surface area contributed by atoms with Gasteiger partial charge in [0.2, 0.25) is 21.8 Å². The zero-order chi connectivity index (χ0) is 23.0. The molecule has 0 saturated carbocycles. The van der Waals surface area contributed by atoms with Crippen LogP contribution in [0.5, 0.6) is 0 Å². The van der Waals surface area contributed by atoms with E-state index in [0.29, 0.717) is 38.1 Å². The Morgan fingerprint density at radius 3 is 2.35 bits per heavy atom. The van der Waals surface area contributed by atoms with Crippen LogP contribution in [0.3, 0.4) is 0 Å². The van der Waals surface area contributed by atoms with Crippen LogP contribution in [0.15, 0.2) is 29.2 Å². The summed E-state index contributed by atoms with van der Waals surface area (Å²) in [6.07, 6.45) is 3.04. The van der Waals surface area contributed by atoms with E-state index < -0.39 is 28.6 Å². The van der Waals surface area contributed by atoms with Crippen LogP contribution >= 0.6 is 11.8 Å². The third-order valence-corrected chi connectivity index (χ3v) is 7.26. The van der Waals surface area contributed by atoms with Gasteiger partial charge in [-0.3, -0.25) is 14.4 Å². The minimum atomic E-state index is -3.86. The summed E-state index contributed by atoms with van der Waals surface area (Å²) in [6.45, 7) is 2.05. The van der Waals surface area contributed by atoms with Crippen molar-refractivity contribution in [3.8, 4) is 0 Å². The van der Waals surface area contributed by atoms with E-state index in [2.05, 4.69) is 10.0 Å². The van der Waals surface area contributed by atoms with Crippen molar-refractivity contribution in [1.82, 2.24) is 14.9 Å². The number of rotatable bonds is 10. The molecule has 2 rings (SSSR count). The molecule has 1 heterocycles. The van der Waals surface area contributed by atoms with Gasteiger partial charge >= 0.3 is 5.97 Å². The Morgan fingerprint density at radius 2 is 1.81 bits per heavy atom. The predicted molar refractivity (Wildman–Crippen MR) is 118 cm³/mol. The number of aryl methyl sites for hydroxylation is 1. The lowest BCUT2D eigenvalue weighted by atomic mass is 9.95. The van der Waals surface area contributed by atoms with Gasteiger partial charge in [-0.1, -0.05) is 17.7 Å². The van der Waals surface area contributed by atoms with Gasteiger partial charge in [0.15, 0.2) is 0 Å². The maximum absolute atomic E-state index is 13.1. The number of thioether (sulfide) groups is 1. The summed E-state index contributed by atoms with van der Waals surface area (Å²) in [6, 6.07) is 5.53. The lowest BCUT2D eigenvalue weighted by molar-refractivity contribution is -0.139. The summed E-state index contributed by atoms with van der Waals surface area (Å²) in [4.78, 5) is 37.4. The number of carbonyl (C=O) groups is 3. The van der Waals surface area contributed by atoms with Crippen molar-refractivity contribution >= 4 is 39.6 Å². The maximum atomic E-state index is 13.1. The van der Waals surface area contributed by atoms with Gasteiger partial charge in [0.05, 0.1) is 4.90 Å². The lowest BCUT2D eigenvalue weighted by Crippen LogP contribution is -2.52. The quantitative estimate of drug-likeness (QED) is 0.460. The Hall–Kier alpha value is -2.11. The number of hydrogen-bond acceptors (Lipinski definition) is 6. The highest BCUT2D eigenvalue weighted by Crippen LogP contribution is 2.20. The fourth-order valence-electron chi connectivity index (χ4n) is 3.33. The van der Waals surface area contributed by atoms with Gasteiger partial charge in [-0.05, 0) is 50.3 Å². The third kappa shape index (κ3) is 7.51. The number of carbonyl (C=O) groups excluding carboxylic acids is 2. The van der Waals surface area contributed by atoms with Crippen molar-refractivity contribution in [2.45, 2.75) is 37.1 Å². The van der Waals surface area contributed by atoms with Crippen LogP contribution in [0, 0.1) is 12.8 Å². The van der Waals surface area contributed by atoms with Gasteiger partial charge in [-0.15, -0.1) is 0 Å². The van der Waals surface area contributed by atoms with E-state index in [-0.39, 0.29) is 22.6 Å². The van der Waals surface area contributed by atoms with E-state index in [9.17, 15) is 22.8 Å². The average molecular weight is 472 g/mol. The minimum absolute atomic E-state index is 0.105. The molecular formula is C20H29N3O6S2. The molecule has 1 aromatic rings. The number of nitrogens with zero attached hydrogens (tertiary/aromatic N) is 1. The van der Waals surface area contributed by atoms with E-state index >= 15 is 0 Å². The van der Waals surface area contributed by atoms with Gasteiger partial charge in [-0.2, -0.15) is 16.5 Å². The largest absolute Gasteiger partial charge is 0.480 e. The van der Waals surface area contributed by atoms with Crippen LogP contribution in [-0.2, 0) is 24.4 Å². The molecule has 172 valence electrons. The highest BCUT2D eigenvalue weighted by atomic mass is 32.2. The third-order valence-electron chi connectivity index (χ3n) is 5.13. The number of piperidine rings is 1. The van der Waals surface area contributed by atoms with Gasteiger partial charge in [0, 0.05) is 19.0 Å². The number of carboxylic acid groups (broad SMARTS) is 1. The predicted octanol–water partition coefficient (Wildman–Crippen LogP) is 0.834. The number of benzene rings is 1. The molecule has 2 amide bonds. The standard InChI is InChI=1S/C20H29N3O6S2/c1-14-3-5-16(6-4-14)31(28,29)22-17(9-12-30-2)20(27)23-10-7-15(8-11-23)19(26)21-13-18(24)25/h3-6,15,17,22H,7-13H2,1-2H3,(H,21,26)(H,24,25). The van der Waals surface area contributed by atoms with E-state index in [4.69, 9.17) is 5.11 Å². The van der Waals surface area contributed by atoms with Crippen LogP contribution < -0.4 is 10.0 Å². The fourth-order valence-corrected chi connectivity index (χ4v) is 5.03. The van der Waals surface area contributed by atoms with Gasteiger partial charge < -0.3 is 15.3 Å².